The van der Waals surface area contributed by atoms with E-state index >= 15 is 0 Å². The summed E-state index contributed by atoms with van der Waals surface area (Å²) in [7, 11) is -24.7. The highest BCUT2D eigenvalue weighted by molar-refractivity contribution is 7.93. The minimum Gasteiger partial charge on any atom is -0.399 e. The number of fused-ring (bicyclic) bond motifs is 1. The second-order valence-electron chi connectivity index (χ2n) is 9.60. The fraction of sp³-hybridized carbons (Fsp3) is 0.0833. The molecule has 0 unspecified atom stereocenters. The van der Waals surface area contributed by atoms with Crippen LogP contribution in [0.3, 0.4) is 0 Å². The summed E-state index contributed by atoms with van der Waals surface area (Å²) in [4.78, 5) is -4.14. The molecule has 0 fully saturated rings. The van der Waals surface area contributed by atoms with Gasteiger partial charge in [0.1, 0.15) is 9.79 Å². The minimum atomic E-state index is -5.44. The molecule has 0 aromatic heterocycles. The molecule has 0 amide bonds. The maximum Gasteiger partial charge on any atom is 0.295 e. The molecule has 0 heterocycles. The molecule has 4 aromatic rings. The van der Waals surface area contributed by atoms with Crippen LogP contribution in [-0.4, -0.2) is 55.7 Å². The van der Waals surface area contributed by atoms with Gasteiger partial charge in [-0.2, -0.15) is 25.3 Å². The summed E-state index contributed by atoms with van der Waals surface area (Å²) >= 11 is 0. The Kier molecular flexibility index (Phi) is 8.48. The van der Waals surface area contributed by atoms with Crippen LogP contribution in [-0.2, 0) is 50.4 Å². The zero-order valence-electron chi connectivity index (χ0n) is 22.8. The van der Waals surface area contributed by atoms with Crippen LogP contribution in [0.15, 0.2) is 85.1 Å². The zero-order chi connectivity index (χ0) is 33.9. The van der Waals surface area contributed by atoms with Crippen molar-refractivity contribution in [2.75, 3.05) is 15.2 Å². The van der Waals surface area contributed by atoms with Crippen molar-refractivity contribution in [3.63, 3.8) is 0 Å². The van der Waals surface area contributed by atoms with Gasteiger partial charge in [-0.05, 0) is 85.6 Å². The Morgan fingerprint density at radius 1 is 0.556 bits per heavy atom. The summed E-state index contributed by atoms with van der Waals surface area (Å²) in [6.07, 6.45) is 0. The Hall–Kier alpha value is -3.83. The second-order valence-corrected chi connectivity index (χ2v) is 17.1. The maximum absolute atomic E-state index is 13.5. The molecule has 0 spiro atoms. The van der Waals surface area contributed by atoms with E-state index in [-0.39, 0.29) is 22.2 Å². The fourth-order valence-corrected chi connectivity index (χ4v) is 9.07. The predicted molar refractivity (Wildman–Crippen MR) is 162 cm³/mol. The number of sulfonamides is 2. The number of anilines is 3. The van der Waals surface area contributed by atoms with E-state index in [9.17, 15) is 55.7 Å². The van der Waals surface area contributed by atoms with Crippen LogP contribution in [0.25, 0.3) is 10.8 Å². The Balaban J connectivity index is 1.85. The molecule has 0 bridgehead atoms. The summed E-state index contributed by atoms with van der Waals surface area (Å²) in [5.41, 5.74) is 5.63. The van der Waals surface area contributed by atoms with Crippen LogP contribution >= 0.6 is 0 Å². The van der Waals surface area contributed by atoms with Crippen LogP contribution in [0.2, 0.25) is 0 Å². The van der Waals surface area contributed by atoms with Crippen molar-refractivity contribution in [2.45, 2.75) is 38.3 Å². The summed E-state index contributed by atoms with van der Waals surface area (Å²) in [5.74, 6) is 0. The predicted octanol–water partition coefficient (Wildman–Crippen LogP) is 2.38. The Bertz CT molecular complexity index is 2460. The number of nitrogens with one attached hydrogen (secondary N) is 2. The smallest absolute Gasteiger partial charge is 0.295 e. The van der Waals surface area contributed by atoms with E-state index in [1.165, 1.54) is 38.1 Å². The minimum absolute atomic E-state index is 0.0146. The molecule has 0 aliphatic rings. The lowest BCUT2D eigenvalue weighted by atomic mass is 10.1. The number of benzene rings is 4. The van der Waals surface area contributed by atoms with Crippen LogP contribution < -0.4 is 15.2 Å². The third kappa shape index (κ3) is 7.04. The van der Waals surface area contributed by atoms with Gasteiger partial charge in [0.15, 0.2) is 0 Å². The lowest BCUT2D eigenvalue weighted by Gasteiger charge is -2.17. The van der Waals surface area contributed by atoms with Crippen LogP contribution in [0.1, 0.15) is 11.1 Å². The monoisotopic (exact) mass is 721 g/mol. The SMILES string of the molecule is Cc1cc(N)ccc1S(=O)(=O)Nc1ccc(S(=O)(=O)Nc2ccc(S(=O)(=O)O)c3cc(S(=O)(=O)O)cc(S(=O)(=O)O)c23)c(C)c1. The first-order valence-corrected chi connectivity index (χ1v) is 19.3. The molecule has 7 N–H and O–H groups in total. The first-order chi connectivity index (χ1) is 20.4. The van der Waals surface area contributed by atoms with Crippen molar-refractivity contribution in [3.8, 4) is 0 Å². The average molecular weight is 722 g/mol. The van der Waals surface area contributed by atoms with Gasteiger partial charge in [-0.3, -0.25) is 23.1 Å². The van der Waals surface area contributed by atoms with Crippen LogP contribution in [0.5, 0.6) is 0 Å². The van der Waals surface area contributed by atoms with E-state index in [0.29, 0.717) is 23.4 Å². The van der Waals surface area contributed by atoms with E-state index in [0.717, 1.165) is 18.2 Å². The number of rotatable bonds is 9. The maximum atomic E-state index is 13.5. The van der Waals surface area contributed by atoms with Gasteiger partial charge in [0.2, 0.25) is 0 Å². The van der Waals surface area contributed by atoms with Crippen molar-refractivity contribution >= 4 is 78.2 Å². The van der Waals surface area contributed by atoms with Gasteiger partial charge in [0.25, 0.3) is 50.4 Å². The van der Waals surface area contributed by atoms with Crippen molar-refractivity contribution in [1.29, 1.82) is 0 Å². The standard InChI is InChI=1S/C24H23N3O13S5/c1-13-9-15(25)3-6-20(13)41(28,29)26-16-4-7-21(14(2)10-16)42(30,31)27-19-5-8-22(44(35,36)37)18-11-17(43(32,33)34)12-23(24(18)19)45(38,39)40/h3-12,26-27H,25H2,1-2H3,(H,32,33,34)(H,35,36,37)(H,38,39,40). The molecular formula is C24H23N3O13S5. The largest absolute Gasteiger partial charge is 0.399 e. The van der Waals surface area contributed by atoms with E-state index in [1.54, 1.807) is 0 Å². The van der Waals surface area contributed by atoms with Crippen molar-refractivity contribution in [2.24, 2.45) is 0 Å². The first-order valence-electron chi connectivity index (χ1n) is 12.0. The van der Waals surface area contributed by atoms with Crippen LogP contribution in [0, 0.1) is 13.8 Å². The van der Waals surface area contributed by atoms with Gasteiger partial charge >= 0.3 is 0 Å². The van der Waals surface area contributed by atoms with Crippen molar-refractivity contribution < 1.29 is 55.7 Å². The third-order valence-electron chi connectivity index (χ3n) is 6.32. The van der Waals surface area contributed by atoms with E-state index < -0.39 is 86.4 Å². The first kappa shape index (κ1) is 34.1. The number of aryl methyl sites for hydroxylation is 2. The molecule has 0 aliphatic heterocycles. The van der Waals surface area contributed by atoms with Crippen molar-refractivity contribution in [1.82, 2.24) is 0 Å². The molecule has 0 radical (unpaired) electrons. The fourth-order valence-electron chi connectivity index (χ4n) is 4.46. The van der Waals surface area contributed by atoms with Gasteiger partial charge in [-0.25, -0.2) is 16.8 Å². The molecular weight excluding hydrogens is 699 g/mol. The molecule has 0 atom stereocenters. The number of nitrogens with two attached hydrogens (primary N) is 1. The summed E-state index contributed by atoms with van der Waals surface area (Å²) in [5, 5.41) is -1.76. The van der Waals surface area contributed by atoms with Gasteiger partial charge in [0.05, 0.1) is 20.4 Å². The summed E-state index contributed by atoms with van der Waals surface area (Å²) in [6.45, 7) is 2.84. The Morgan fingerprint density at radius 3 is 1.58 bits per heavy atom. The molecule has 21 heteroatoms. The van der Waals surface area contributed by atoms with Crippen LogP contribution in [0.4, 0.5) is 17.1 Å². The lowest BCUT2D eigenvalue weighted by Crippen LogP contribution is -2.17. The molecule has 45 heavy (non-hydrogen) atoms. The van der Waals surface area contributed by atoms with Gasteiger partial charge in [-0.1, -0.05) is 0 Å². The molecule has 0 saturated heterocycles. The summed E-state index contributed by atoms with van der Waals surface area (Å²) < 4.78 is 158. The van der Waals surface area contributed by atoms with Gasteiger partial charge < -0.3 is 5.73 Å². The molecule has 4 aromatic carbocycles. The average Bonchev–Trinajstić information content (AvgIpc) is 2.85. The molecule has 16 nitrogen and oxygen atoms in total. The highest BCUT2D eigenvalue weighted by atomic mass is 32.2. The topological polar surface area (TPSA) is 281 Å². The lowest BCUT2D eigenvalue weighted by molar-refractivity contribution is 0.478. The van der Waals surface area contributed by atoms with Gasteiger partial charge in [-0.15, -0.1) is 0 Å². The third-order valence-corrected chi connectivity index (χ3v) is 12.0. The zero-order valence-corrected chi connectivity index (χ0v) is 26.9. The quantitative estimate of drug-likeness (QED) is 0.107. The molecule has 0 aliphatic carbocycles. The Labute approximate surface area is 258 Å². The van der Waals surface area contributed by atoms with Gasteiger partial charge in [0, 0.05) is 22.1 Å². The van der Waals surface area contributed by atoms with E-state index in [4.69, 9.17) is 5.73 Å². The normalized spacial score (nSPS) is 13.1. The van der Waals surface area contributed by atoms with E-state index in [1.807, 2.05) is 4.72 Å². The molecule has 0 saturated carbocycles. The van der Waals surface area contributed by atoms with Crippen molar-refractivity contribution in [3.05, 3.63) is 71.8 Å². The second kappa shape index (κ2) is 11.2. The highest BCUT2D eigenvalue weighted by Crippen LogP contribution is 2.38. The number of hydrogen-bond donors (Lipinski definition) is 6. The number of hydrogen-bond acceptors (Lipinski definition) is 11. The number of nitrogen functional groups attached to an aromatic ring is 1. The Morgan fingerprint density at radius 2 is 1.07 bits per heavy atom. The molecule has 242 valence electrons. The summed E-state index contributed by atoms with van der Waals surface area (Å²) in [6, 6.07) is 9.51. The van der Waals surface area contributed by atoms with E-state index in [2.05, 4.69) is 4.72 Å². The molecule has 4 rings (SSSR count). The highest BCUT2D eigenvalue weighted by Gasteiger charge is 2.29.